The summed E-state index contributed by atoms with van der Waals surface area (Å²) in [6.45, 7) is 1.36. The SMILES string of the molecule is FC(F)(F)c1cccc2c1CCC1(CCN(c3ccc(-c4n[nH]c(Cc5cccnc5)n4)nn3)CC1)O2. The monoisotopic (exact) mass is 507 g/mol. The first-order valence-corrected chi connectivity index (χ1v) is 12.2. The van der Waals surface area contributed by atoms with Crippen molar-refractivity contribution in [2.24, 2.45) is 0 Å². The molecular weight excluding hydrogens is 483 g/mol. The molecule has 11 heteroatoms. The maximum atomic E-state index is 13.4. The number of nitrogens with zero attached hydrogens (tertiary/aromatic N) is 6. The van der Waals surface area contributed by atoms with E-state index in [9.17, 15) is 13.2 Å². The number of fused-ring (bicyclic) bond motifs is 1. The Bertz CT molecular complexity index is 1380. The van der Waals surface area contributed by atoms with Gasteiger partial charge in [-0.1, -0.05) is 12.1 Å². The topological polar surface area (TPSA) is 92.7 Å². The molecule has 2 aliphatic heterocycles. The van der Waals surface area contributed by atoms with Crippen molar-refractivity contribution in [3.63, 3.8) is 0 Å². The Morgan fingerprint density at radius 2 is 1.86 bits per heavy atom. The number of rotatable bonds is 4. The van der Waals surface area contributed by atoms with Gasteiger partial charge < -0.3 is 9.64 Å². The number of ether oxygens (including phenoxy) is 1. The van der Waals surface area contributed by atoms with Gasteiger partial charge in [0, 0.05) is 50.3 Å². The molecule has 0 bridgehead atoms. The highest BCUT2D eigenvalue weighted by molar-refractivity contribution is 5.51. The van der Waals surface area contributed by atoms with Crippen molar-refractivity contribution in [1.82, 2.24) is 30.4 Å². The minimum Gasteiger partial charge on any atom is -0.487 e. The first kappa shape index (κ1) is 23.4. The molecule has 1 aromatic carbocycles. The fraction of sp³-hybridized carbons (Fsp3) is 0.346. The van der Waals surface area contributed by atoms with Gasteiger partial charge in [0.05, 0.1) is 5.56 Å². The molecule has 1 N–H and O–H groups in total. The van der Waals surface area contributed by atoms with Gasteiger partial charge in [-0.15, -0.1) is 10.2 Å². The van der Waals surface area contributed by atoms with E-state index < -0.39 is 17.3 Å². The van der Waals surface area contributed by atoms with Crippen LogP contribution < -0.4 is 9.64 Å². The third-order valence-electron chi connectivity index (χ3n) is 7.10. The molecule has 5 heterocycles. The number of halogens is 3. The Morgan fingerprint density at radius 1 is 1.00 bits per heavy atom. The van der Waals surface area contributed by atoms with E-state index in [1.54, 1.807) is 18.5 Å². The molecule has 37 heavy (non-hydrogen) atoms. The Labute approximate surface area is 210 Å². The van der Waals surface area contributed by atoms with E-state index in [1.165, 1.54) is 6.07 Å². The Hall–Kier alpha value is -4.02. The summed E-state index contributed by atoms with van der Waals surface area (Å²) in [4.78, 5) is 10.8. The van der Waals surface area contributed by atoms with Crippen LogP contribution in [0.1, 0.15) is 41.8 Å². The number of H-pyrrole nitrogens is 1. The van der Waals surface area contributed by atoms with Crippen LogP contribution in [0.2, 0.25) is 0 Å². The van der Waals surface area contributed by atoms with Gasteiger partial charge in [0.2, 0.25) is 5.82 Å². The number of aromatic amines is 1. The minimum absolute atomic E-state index is 0.264. The number of anilines is 1. The predicted molar refractivity (Wildman–Crippen MR) is 129 cm³/mol. The standard InChI is InChI=1S/C26H24F3N7O/c27-26(28,29)19-4-1-5-21-18(19)8-9-25(37-21)10-13-36(14-11-25)23-7-6-20(32-34-23)24-31-22(33-35-24)15-17-3-2-12-30-16-17/h1-7,12,16H,8-11,13-15H2,(H,31,33,35). The van der Waals surface area contributed by atoms with Gasteiger partial charge in [-0.25, -0.2) is 4.98 Å². The van der Waals surface area contributed by atoms with Crippen LogP contribution >= 0.6 is 0 Å². The lowest BCUT2D eigenvalue weighted by molar-refractivity contribution is -0.139. The van der Waals surface area contributed by atoms with Gasteiger partial charge in [0.1, 0.15) is 22.9 Å². The number of hydrogen-bond acceptors (Lipinski definition) is 7. The Kier molecular flexibility index (Phi) is 5.77. The summed E-state index contributed by atoms with van der Waals surface area (Å²) in [5.74, 6) is 2.28. The van der Waals surface area contributed by atoms with Gasteiger partial charge >= 0.3 is 6.18 Å². The summed E-state index contributed by atoms with van der Waals surface area (Å²) in [7, 11) is 0. The van der Waals surface area contributed by atoms with Crippen LogP contribution in [-0.2, 0) is 19.0 Å². The van der Waals surface area contributed by atoms with E-state index >= 15 is 0 Å². The lowest BCUT2D eigenvalue weighted by Gasteiger charge is -2.45. The van der Waals surface area contributed by atoms with Crippen molar-refractivity contribution in [1.29, 1.82) is 0 Å². The maximum Gasteiger partial charge on any atom is 0.416 e. The third-order valence-corrected chi connectivity index (χ3v) is 7.10. The van der Waals surface area contributed by atoms with Crippen molar-refractivity contribution in [2.75, 3.05) is 18.0 Å². The average Bonchev–Trinajstić information content (AvgIpc) is 3.37. The number of alkyl halides is 3. The molecule has 0 unspecified atom stereocenters. The van der Waals surface area contributed by atoms with Crippen LogP contribution in [0.3, 0.4) is 0 Å². The normalized spacial score (nSPS) is 16.9. The second kappa shape index (κ2) is 9.13. The van der Waals surface area contributed by atoms with Crippen LogP contribution in [-0.4, -0.2) is 49.1 Å². The summed E-state index contributed by atoms with van der Waals surface area (Å²) < 4.78 is 46.4. The minimum atomic E-state index is -4.38. The van der Waals surface area contributed by atoms with Gasteiger partial charge in [-0.05, 0) is 48.7 Å². The van der Waals surface area contributed by atoms with Gasteiger partial charge in [0.15, 0.2) is 5.82 Å². The van der Waals surface area contributed by atoms with Crippen LogP contribution in [0.5, 0.6) is 5.75 Å². The summed E-state index contributed by atoms with van der Waals surface area (Å²) in [5, 5.41) is 15.9. The van der Waals surface area contributed by atoms with Crippen molar-refractivity contribution >= 4 is 5.82 Å². The average molecular weight is 508 g/mol. The predicted octanol–water partition coefficient (Wildman–Crippen LogP) is 4.63. The van der Waals surface area contributed by atoms with E-state index in [0.717, 1.165) is 17.4 Å². The van der Waals surface area contributed by atoms with E-state index in [0.29, 0.717) is 68.3 Å². The fourth-order valence-electron chi connectivity index (χ4n) is 5.12. The molecule has 8 nitrogen and oxygen atoms in total. The van der Waals surface area contributed by atoms with E-state index in [1.807, 2.05) is 24.3 Å². The lowest BCUT2D eigenvalue weighted by Crippen LogP contribution is -2.50. The van der Waals surface area contributed by atoms with Crippen molar-refractivity contribution in [2.45, 2.75) is 43.9 Å². The highest BCUT2D eigenvalue weighted by Gasteiger charge is 2.43. The van der Waals surface area contributed by atoms with Crippen molar-refractivity contribution in [3.05, 3.63) is 77.4 Å². The molecule has 2 aliphatic rings. The number of aromatic nitrogens is 6. The van der Waals surface area contributed by atoms with Crippen molar-refractivity contribution < 1.29 is 17.9 Å². The molecule has 0 radical (unpaired) electrons. The smallest absolute Gasteiger partial charge is 0.416 e. The summed E-state index contributed by atoms with van der Waals surface area (Å²) in [6, 6.07) is 11.8. The number of piperidine rings is 1. The first-order valence-electron chi connectivity index (χ1n) is 12.2. The summed E-state index contributed by atoms with van der Waals surface area (Å²) >= 11 is 0. The van der Waals surface area contributed by atoms with Crippen LogP contribution in [0, 0.1) is 0 Å². The van der Waals surface area contributed by atoms with E-state index in [2.05, 4.69) is 35.3 Å². The second-order valence-electron chi connectivity index (χ2n) is 9.47. The highest BCUT2D eigenvalue weighted by atomic mass is 19.4. The third kappa shape index (κ3) is 4.73. The Balaban J connectivity index is 1.10. The van der Waals surface area contributed by atoms with E-state index in [-0.39, 0.29) is 5.56 Å². The number of pyridine rings is 1. The van der Waals surface area contributed by atoms with Crippen LogP contribution in [0.25, 0.3) is 11.5 Å². The first-order chi connectivity index (χ1) is 17.9. The Morgan fingerprint density at radius 3 is 2.59 bits per heavy atom. The quantitative estimate of drug-likeness (QED) is 0.431. The molecule has 190 valence electrons. The zero-order valence-corrected chi connectivity index (χ0v) is 19.9. The van der Waals surface area contributed by atoms with Crippen LogP contribution in [0.15, 0.2) is 54.9 Å². The van der Waals surface area contributed by atoms with Gasteiger partial charge in [-0.2, -0.15) is 18.3 Å². The fourth-order valence-corrected chi connectivity index (χ4v) is 5.12. The molecule has 6 rings (SSSR count). The molecule has 1 saturated heterocycles. The lowest BCUT2D eigenvalue weighted by atomic mass is 9.82. The summed E-state index contributed by atoms with van der Waals surface area (Å²) in [5.41, 5.74) is 0.813. The molecule has 4 aromatic rings. The van der Waals surface area contributed by atoms with Crippen molar-refractivity contribution in [3.8, 4) is 17.3 Å². The zero-order chi connectivity index (χ0) is 25.5. The summed E-state index contributed by atoms with van der Waals surface area (Å²) in [6.07, 6.45) is 2.05. The molecule has 0 aliphatic carbocycles. The number of hydrogen-bond donors (Lipinski definition) is 1. The molecule has 1 fully saturated rings. The van der Waals surface area contributed by atoms with Gasteiger partial charge in [0.25, 0.3) is 0 Å². The van der Waals surface area contributed by atoms with Crippen LogP contribution in [0.4, 0.5) is 19.0 Å². The zero-order valence-electron chi connectivity index (χ0n) is 19.9. The molecule has 3 aromatic heterocycles. The molecule has 0 amide bonds. The largest absolute Gasteiger partial charge is 0.487 e. The van der Waals surface area contributed by atoms with Gasteiger partial charge in [-0.3, -0.25) is 10.1 Å². The molecular formula is C26H24F3N7O. The molecule has 1 spiro atoms. The van der Waals surface area contributed by atoms with E-state index in [4.69, 9.17) is 4.74 Å². The number of benzene rings is 1. The number of nitrogens with one attached hydrogen (secondary N) is 1. The molecule has 0 atom stereocenters. The second-order valence-corrected chi connectivity index (χ2v) is 9.47. The molecule has 0 saturated carbocycles. The highest BCUT2D eigenvalue weighted by Crippen LogP contribution is 2.44. The maximum absolute atomic E-state index is 13.4.